The number of aromatic nitrogens is 1. The van der Waals surface area contributed by atoms with Gasteiger partial charge in [0.2, 0.25) is 0 Å². The number of rotatable bonds is 4. The van der Waals surface area contributed by atoms with E-state index in [1.54, 1.807) is 0 Å². The molecule has 1 aliphatic rings. The van der Waals surface area contributed by atoms with Crippen LogP contribution in [0, 0.1) is 0 Å². The van der Waals surface area contributed by atoms with Crippen LogP contribution in [0.25, 0.3) is 60.2 Å². The smallest absolute Gasteiger partial charge is 0.160 e. The third-order valence-corrected chi connectivity index (χ3v) is 9.44. The van der Waals surface area contributed by atoms with Crippen LogP contribution in [0.2, 0.25) is 0 Å². The van der Waals surface area contributed by atoms with Gasteiger partial charge in [-0.05, 0) is 52.7 Å². The lowest BCUT2D eigenvalue weighted by Crippen LogP contribution is -2.33. The molecule has 5 heteroatoms. The lowest BCUT2D eigenvalue weighted by atomic mass is 10.0. The molecule has 5 nitrogen and oxygen atoms in total. The molecule has 1 atom stereocenters. The zero-order valence-electron chi connectivity index (χ0n) is 25.8. The molecular formula is C43H28N4O. The molecule has 0 radical (unpaired) electrons. The lowest BCUT2D eigenvalue weighted by molar-refractivity contribution is 0.668. The maximum atomic E-state index is 6.59. The van der Waals surface area contributed by atoms with Crippen LogP contribution in [-0.2, 0) is 0 Å². The van der Waals surface area contributed by atoms with E-state index in [-0.39, 0.29) is 6.17 Å². The SMILES string of the molecule is c1ccc(C2N=C(c3cccc4oc5cc(-n6c7ccccc7c7ccccc76)ccc5c34)N=C(c3ccc4ccccc4c3)N2)cc1. The van der Waals surface area contributed by atoms with Crippen molar-refractivity contribution < 1.29 is 4.42 Å². The normalized spacial score (nSPS) is 14.9. The van der Waals surface area contributed by atoms with Crippen LogP contribution in [0.3, 0.4) is 0 Å². The molecule has 0 amide bonds. The van der Waals surface area contributed by atoms with Crippen LogP contribution < -0.4 is 5.32 Å². The highest BCUT2D eigenvalue weighted by Crippen LogP contribution is 2.37. The van der Waals surface area contributed by atoms with Gasteiger partial charge in [0.05, 0.1) is 11.0 Å². The summed E-state index contributed by atoms with van der Waals surface area (Å²) >= 11 is 0. The minimum Gasteiger partial charge on any atom is -0.456 e. The van der Waals surface area contributed by atoms with Crippen LogP contribution in [0.4, 0.5) is 0 Å². The Balaban J connectivity index is 1.15. The number of amidine groups is 2. The Kier molecular flexibility index (Phi) is 5.87. The van der Waals surface area contributed by atoms with Crippen LogP contribution >= 0.6 is 0 Å². The van der Waals surface area contributed by atoms with E-state index < -0.39 is 0 Å². The van der Waals surface area contributed by atoms with Crippen molar-refractivity contribution in [3.05, 3.63) is 174 Å². The van der Waals surface area contributed by atoms with Crippen molar-refractivity contribution in [2.45, 2.75) is 6.17 Å². The second-order valence-corrected chi connectivity index (χ2v) is 12.3. The van der Waals surface area contributed by atoms with Crippen LogP contribution in [0.5, 0.6) is 0 Å². The Labute approximate surface area is 276 Å². The van der Waals surface area contributed by atoms with Crippen molar-refractivity contribution in [1.82, 2.24) is 9.88 Å². The van der Waals surface area contributed by atoms with E-state index in [0.717, 1.165) is 50.2 Å². The molecule has 1 unspecified atom stereocenters. The van der Waals surface area contributed by atoms with E-state index in [1.165, 1.54) is 32.6 Å². The minimum absolute atomic E-state index is 0.296. The quantitative estimate of drug-likeness (QED) is 0.214. The molecule has 2 aromatic heterocycles. The van der Waals surface area contributed by atoms with Gasteiger partial charge in [-0.1, -0.05) is 115 Å². The molecule has 0 fully saturated rings. The second kappa shape index (κ2) is 10.5. The van der Waals surface area contributed by atoms with Crippen LogP contribution in [-0.4, -0.2) is 16.2 Å². The summed E-state index contributed by atoms with van der Waals surface area (Å²) in [6.07, 6.45) is -0.296. The fourth-order valence-corrected chi connectivity index (χ4v) is 7.20. The fraction of sp³-hybridized carbons (Fsp3) is 0.0233. The number of aliphatic imine (C=N–C) groups is 2. The minimum atomic E-state index is -0.296. The number of para-hydroxylation sites is 2. The first-order valence-corrected chi connectivity index (χ1v) is 16.2. The van der Waals surface area contributed by atoms with Crippen molar-refractivity contribution in [2.24, 2.45) is 9.98 Å². The molecule has 1 N–H and O–H groups in total. The van der Waals surface area contributed by atoms with E-state index in [1.807, 2.05) is 30.3 Å². The Morgan fingerprint density at radius 3 is 2.10 bits per heavy atom. The molecule has 226 valence electrons. The predicted octanol–water partition coefficient (Wildman–Crippen LogP) is 10.3. The Morgan fingerprint density at radius 2 is 1.29 bits per heavy atom. The summed E-state index contributed by atoms with van der Waals surface area (Å²) in [5.41, 5.74) is 8.05. The first-order chi connectivity index (χ1) is 23.8. The summed E-state index contributed by atoms with van der Waals surface area (Å²) in [6, 6.07) is 55.0. The van der Waals surface area contributed by atoms with Gasteiger partial charge in [0, 0.05) is 44.4 Å². The van der Waals surface area contributed by atoms with E-state index in [0.29, 0.717) is 5.84 Å². The Bertz CT molecular complexity index is 2720. The molecule has 1 aliphatic heterocycles. The molecule has 7 aromatic carbocycles. The van der Waals surface area contributed by atoms with Gasteiger partial charge in [0.15, 0.2) is 5.84 Å². The molecule has 10 rings (SSSR count). The van der Waals surface area contributed by atoms with Gasteiger partial charge in [0.25, 0.3) is 0 Å². The highest BCUT2D eigenvalue weighted by molar-refractivity contribution is 6.22. The van der Waals surface area contributed by atoms with Gasteiger partial charge in [-0.3, -0.25) is 0 Å². The largest absolute Gasteiger partial charge is 0.456 e. The maximum Gasteiger partial charge on any atom is 0.160 e. The summed E-state index contributed by atoms with van der Waals surface area (Å²) in [6.45, 7) is 0. The molecule has 0 aliphatic carbocycles. The monoisotopic (exact) mass is 616 g/mol. The molecule has 0 bridgehead atoms. The Hall–Kier alpha value is -6.46. The fourth-order valence-electron chi connectivity index (χ4n) is 7.20. The van der Waals surface area contributed by atoms with Crippen molar-refractivity contribution in [2.75, 3.05) is 0 Å². The molecule has 0 spiro atoms. The number of nitrogens with one attached hydrogen (secondary N) is 1. The van der Waals surface area contributed by atoms with Crippen LogP contribution in [0.1, 0.15) is 22.9 Å². The molecule has 0 saturated heterocycles. The third-order valence-electron chi connectivity index (χ3n) is 9.44. The topological polar surface area (TPSA) is 54.8 Å². The highest BCUT2D eigenvalue weighted by atomic mass is 16.3. The molecule has 3 heterocycles. The molecular weight excluding hydrogens is 589 g/mol. The standard InChI is InChI=1S/C43H28N4O/c1-2-12-28(13-3-1)41-44-42(30-22-21-27-11-4-5-14-29(27)25-30)46-43(45-41)35-17-10-20-38-40(35)34-24-23-31(26-39(34)48-38)47-36-18-8-6-15-32(36)33-16-7-9-19-37(33)47/h1-26,41H,(H,44,45,46). The summed E-state index contributed by atoms with van der Waals surface area (Å²) in [7, 11) is 0. The van der Waals surface area contributed by atoms with Crippen molar-refractivity contribution in [3.63, 3.8) is 0 Å². The summed E-state index contributed by atoms with van der Waals surface area (Å²) in [5.74, 6) is 1.46. The van der Waals surface area contributed by atoms with E-state index >= 15 is 0 Å². The van der Waals surface area contributed by atoms with E-state index in [2.05, 4.69) is 137 Å². The average molecular weight is 617 g/mol. The first kappa shape index (κ1) is 26.7. The van der Waals surface area contributed by atoms with Crippen molar-refractivity contribution in [1.29, 1.82) is 0 Å². The van der Waals surface area contributed by atoms with Gasteiger partial charge in [-0.15, -0.1) is 0 Å². The molecule has 9 aromatic rings. The van der Waals surface area contributed by atoms with Crippen LogP contribution in [0.15, 0.2) is 172 Å². The number of hydrogen-bond acceptors (Lipinski definition) is 4. The summed E-state index contributed by atoms with van der Waals surface area (Å²) in [4.78, 5) is 10.4. The van der Waals surface area contributed by atoms with Crippen molar-refractivity contribution in [3.8, 4) is 5.69 Å². The average Bonchev–Trinajstić information content (AvgIpc) is 3.70. The molecule has 48 heavy (non-hydrogen) atoms. The first-order valence-electron chi connectivity index (χ1n) is 16.2. The predicted molar refractivity (Wildman–Crippen MR) is 197 cm³/mol. The van der Waals surface area contributed by atoms with Gasteiger partial charge in [0.1, 0.15) is 23.2 Å². The van der Waals surface area contributed by atoms with Crippen molar-refractivity contribution >= 4 is 66.2 Å². The number of nitrogens with zero attached hydrogens (tertiary/aromatic N) is 3. The van der Waals surface area contributed by atoms with E-state index in [9.17, 15) is 0 Å². The number of furan rings is 1. The van der Waals surface area contributed by atoms with Gasteiger partial charge >= 0.3 is 0 Å². The molecule has 0 saturated carbocycles. The van der Waals surface area contributed by atoms with Gasteiger partial charge in [-0.25, -0.2) is 9.98 Å². The zero-order chi connectivity index (χ0) is 31.6. The van der Waals surface area contributed by atoms with E-state index in [4.69, 9.17) is 14.4 Å². The lowest BCUT2D eigenvalue weighted by Gasteiger charge is -2.24. The summed E-state index contributed by atoms with van der Waals surface area (Å²) < 4.78 is 8.90. The number of benzene rings is 7. The Morgan fingerprint density at radius 1 is 0.562 bits per heavy atom. The zero-order valence-corrected chi connectivity index (χ0v) is 25.8. The highest BCUT2D eigenvalue weighted by Gasteiger charge is 2.24. The maximum absolute atomic E-state index is 6.59. The van der Waals surface area contributed by atoms with Gasteiger partial charge < -0.3 is 14.3 Å². The number of fused-ring (bicyclic) bond motifs is 7. The summed E-state index contributed by atoms with van der Waals surface area (Å²) in [5, 5.41) is 10.5. The second-order valence-electron chi connectivity index (χ2n) is 12.3. The van der Waals surface area contributed by atoms with Gasteiger partial charge in [-0.2, -0.15) is 0 Å². The number of hydrogen-bond donors (Lipinski definition) is 1. The third kappa shape index (κ3) is 4.18.